The van der Waals surface area contributed by atoms with E-state index in [1.54, 1.807) is 6.20 Å². The van der Waals surface area contributed by atoms with E-state index < -0.39 is 0 Å². The summed E-state index contributed by atoms with van der Waals surface area (Å²) in [4.78, 5) is 30.4. The molecule has 0 radical (unpaired) electrons. The van der Waals surface area contributed by atoms with Crippen LogP contribution in [0.5, 0.6) is 0 Å². The van der Waals surface area contributed by atoms with E-state index in [0.29, 0.717) is 18.5 Å². The molecule has 0 bridgehead atoms. The van der Waals surface area contributed by atoms with E-state index in [1.165, 1.54) is 0 Å². The first-order valence-electron chi connectivity index (χ1n) is 8.74. The van der Waals surface area contributed by atoms with E-state index in [-0.39, 0.29) is 23.9 Å². The van der Waals surface area contributed by atoms with Gasteiger partial charge in [0, 0.05) is 29.7 Å². The Hall–Kier alpha value is -3.28. The number of hydrogen-bond acceptors (Lipinski definition) is 3. The number of anilines is 2. The molecule has 2 aliphatic rings. The predicted octanol–water partition coefficient (Wildman–Crippen LogP) is 2.50. The first-order chi connectivity index (χ1) is 12.7. The Kier molecular flexibility index (Phi) is 3.25. The van der Waals surface area contributed by atoms with E-state index in [1.807, 2.05) is 48.5 Å². The van der Waals surface area contributed by atoms with E-state index in [0.717, 1.165) is 22.3 Å². The smallest absolute Gasteiger partial charge is 0.253 e. The number of amides is 2. The summed E-state index contributed by atoms with van der Waals surface area (Å²) in [6, 6.07) is 15.2. The minimum atomic E-state index is -0.238. The lowest BCUT2D eigenvalue weighted by Crippen LogP contribution is -2.44. The van der Waals surface area contributed by atoms with Gasteiger partial charge in [-0.25, -0.2) is 0 Å². The van der Waals surface area contributed by atoms with Gasteiger partial charge < -0.3 is 20.5 Å². The van der Waals surface area contributed by atoms with Crippen LogP contribution in [-0.4, -0.2) is 35.4 Å². The molecular formula is C20H18N4O2. The maximum absolute atomic E-state index is 12.8. The fourth-order valence-corrected chi connectivity index (χ4v) is 4.02. The number of carbonyl (C=O) groups is 2. The molecule has 2 aliphatic heterocycles. The number of fused-ring (bicyclic) bond motifs is 4. The van der Waals surface area contributed by atoms with Crippen LogP contribution in [0, 0.1) is 0 Å². The van der Waals surface area contributed by atoms with Crippen molar-refractivity contribution in [2.24, 2.45) is 0 Å². The highest BCUT2D eigenvalue weighted by atomic mass is 16.2. The summed E-state index contributed by atoms with van der Waals surface area (Å²) in [5.74, 6) is -0.117. The number of para-hydroxylation sites is 3. The van der Waals surface area contributed by atoms with Crippen molar-refractivity contribution in [3.05, 3.63) is 60.3 Å². The molecule has 2 aromatic carbocycles. The topological polar surface area (TPSA) is 77.2 Å². The largest absolute Gasteiger partial charge is 0.360 e. The average molecular weight is 346 g/mol. The van der Waals surface area contributed by atoms with Gasteiger partial charge in [0.2, 0.25) is 5.91 Å². The lowest BCUT2D eigenvalue weighted by atomic mass is 10.1. The van der Waals surface area contributed by atoms with Gasteiger partial charge >= 0.3 is 0 Å². The Morgan fingerprint density at radius 3 is 2.85 bits per heavy atom. The number of aromatic nitrogens is 1. The lowest BCUT2D eigenvalue weighted by Gasteiger charge is -2.32. The molecule has 0 spiro atoms. The van der Waals surface area contributed by atoms with E-state index in [2.05, 4.69) is 20.5 Å². The van der Waals surface area contributed by atoms with Crippen LogP contribution in [0.1, 0.15) is 16.8 Å². The molecule has 5 rings (SSSR count). The highest BCUT2D eigenvalue weighted by Crippen LogP contribution is 2.36. The molecule has 2 amide bonds. The van der Waals surface area contributed by atoms with Gasteiger partial charge in [0.15, 0.2) is 0 Å². The van der Waals surface area contributed by atoms with Gasteiger partial charge in [-0.2, -0.15) is 0 Å². The van der Waals surface area contributed by atoms with Gasteiger partial charge in [-0.15, -0.1) is 0 Å². The lowest BCUT2D eigenvalue weighted by molar-refractivity contribution is -0.117. The Labute approximate surface area is 150 Å². The van der Waals surface area contributed by atoms with Crippen LogP contribution in [0.3, 0.4) is 0 Å². The molecule has 2 unspecified atom stereocenters. The molecule has 1 aromatic heterocycles. The van der Waals surface area contributed by atoms with Crippen molar-refractivity contribution >= 4 is 34.1 Å². The van der Waals surface area contributed by atoms with Crippen molar-refractivity contribution in [3.63, 3.8) is 0 Å². The van der Waals surface area contributed by atoms with Crippen LogP contribution in [0.25, 0.3) is 10.9 Å². The quantitative estimate of drug-likeness (QED) is 0.667. The minimum absolute atomic E-state index is 0.00690. The van der Waals surface area contributed by atoms with Crippen LogP contribution in [-0.2, 0) is 4.79 Å². The molecule has 3 heterocycles. The summed E-state index contributed by atoms with van der Waals surface area (Å²) in [5.41, 5.74) is 3.42. The molecule has 26 heavy (non-hydrogen) atoms. The van der Waals surface area contributed by atoms with Crippen molar-refractivity contribution in [2.75, 3.05) is 16.8 Å². The molecule has 0 aliphatic carbocycles. The zero-order valence-electron chi connectivity index (χ0n) is 14.0. The number of carbonyl (C=O) groups excluding carboxylic acids is 2. The second-order valence-electron chi connectivity index (χ2n) is 6.83. The van der Waals surface area contributed by atoms with Gasteiger partial charge in [-0.3, -0.25) is 9.59 Å². The molecule has 1 fully saturated rings. The van der Waals surface area contributed by atoms with Gasteiger partial charge in [-0.1, -0.05) is 30.3 Å². The molecule has 6 heteroatoms. The molecule has 3 N–H and O–H groups in total. The SMILES string of the molecule is O=C(NC1CC2C(=O)Nc3ccccc3N2C1)c1c[nH]c2ccccc12. The Morgan fingerprint density at radius 1 is 1.12 bits per heavy atom. The average Bonchev–Trinajstić information content (AvgIpc) is 3.26. The standard InChI is InChI=1S/C20H18N4O2/c25-19(14-10-21-15-6-2-1-5-13(14)15)22-12-9-18-20(26)23-16-7-3-4-8-17(16)24(18)11-12/h1-8,10,12,18,21H,9,11H2,(H,22,25)(H,23,26). The summed E-state index contributed by atoms with van der Waals surface area (Å²) in [7, 11) is 0. The molecule has 2 atom stereocenters. The first kappa shape index (κ1) is 15.0. The predicted molar refractivity (Wildman–Crippen MR) is 100 cm³/mol. The number of nitrogens with one attached hydrogen (secondary N) is 3. The number of rotatable bonds is 2. The molecular weight excluding hydrogens is 328 g/mol. The zero-order valence-corrected chi connectivity index (χ0v) is 14.0. The van der Waals surface area contributed by atoms with E-state index in [9.17, 15) is 9.59 Å². The summed E-state index contributed by atoms with van der Waals surface area (Å²) in [6.07, 6.45) is 2.35. The monoisotopic (exact) mass is 346 g/mol. The number of hydrogen-bond donors (Lipinski definition) is 3. The van der Waals surface area contributed by atoms with Gasteiger partial charge in [0.25, 0.3) is 5.91 Å². The highest BCUT2D eigenvalue weighted by molar-refractivity contribution is 6.07. The Bertz CT molecular complexity index is 1030. The van der Waals surface area contributed by atoms with Gasteiger partial charge in [-0.05, 0) is 24.6 Å². The Morgan fingerprint density at radius 2 is 1.92 bits per heavy atom. The first-order valence-corrected chi connectivity index (χ1v) is 8.74. The Balaban J connectivity index is 1.38. The minimum Gasteiger partial charge on any atom is -0.360 e. The summed E-state index contributed by atoms with van der Waals surface area (Å²) in [6.45, 7) is 0.628. The van der Waals surface area contributed by atoms with Crippen molar-refractivity contribution in [1.29, 1.82) is 0 Å². The fraction of sp³-hybridized carbons (Fsp3) is 0.200. The van der Waals surface area contributed by atoms with Crippen LogP contribution < -0.4 is 15.5 Å². The second-order valence-corrected chi connectivity index (χ2v) is 6.83. The molecule has 6 nitrogen and oxygen atoms in total. The number of nitrogens with zero attached hydrogens (tertiary/aromatic N) is 1. The summed E-state index contributed by atoms with van der Waals surface area (Å²) < 4.78 is 0. The molecule has 3 aromatic rings. The highest BCUT2D eigenvalue weighted by Gasteiger charge is 2.41. The third-order valence-electron chi connectivity index (χ3n) is 5.24. The van der Waals surface area contributed by atoms with E-state index in [4.69, 9.17) is 0 Å². The van der Waals surface area contributed by atoms with Crippen LogP contribution in [0.4, 0.5) is 11.4 Å². The van der Waals surface area contributed by atoms with Gasteiger partial charge in [0.05, 0.1) is 16.9 Å². The zero-order chi connectivity index (χ0) is 17.7. The van der Waals surface area contributed by atoms with Crippen molar-refractivity contribution in [2.45, 2.75) is 18.5 Å². The van der Waals surface area contributed by atoms with Crippen LogP contribution in [0.2, 0.25) is 0 Å². The third-order valence-corrected chi connectivity index (χ3v) is 5.24. The third kappa shape index (κ3) is 2.26. The van der Waals surface area contributed by atoms with Gasteiger partial charge in [0.1, 0.15) is 6.04 Å². The number of aromatic amines is 1. The number of benzene rings is 2. The second kappa shape index (κ2) is 5.62. The van der Waals surface area contributed by atoms with Crippen LogP contribution >= 0.6 is 0 Å². The molecule has 0 saturated carbocycles. The molecule has 1 saturated heterocycles. The maximum Gasteiger partial charge on any atom is 0.253 e. The number of H-pyrrole nitrogens is 1. The van der Waals surface area contributed by atoms with Crippen LogP contribution in [0.15, 0.2) is 54.7 Å². The van der Waals surface area contributed by atoms with Crippen molar-refractivity contribution in [1.82, 2.24) is 10.3 Å². The van der Waals surface area contributed by atoms with Crippen molar-refractivity contribution in [3.8, 4) is 0 Å². The summed E-state index contributed by atoms with van der Waals surface area (Å²) in [5, 5.41) is 6.97. The van der Waals surface area contributed by atoms with Crippen molar-refractivity contribution < 1.29 is 9.59 Å². The fourth-order valence-electron chi connectivity index (χ4n) is 4.02. The summed E-state index contributed by atoms with van der Waals surface area (Å²) >= 11 is 0. The normalized spacial score (nSPS) is 21.2. The molecule has 130 valence electrons. The van der Waals surface area contributed by atoms with E-state index >= 15 is 0 Å². The maximum atomic E-state index is 12.8.